The van der Waals surface area contributed by atoms with Crippen molar-refractivity contribution in [3.8, 4) is 0 Å². The first-order valence-electron chi connectivity index (χ1n) is 6.90. The molecule has 0 bridgehead atoms. The Morgan fingerprint density at radius 2 is 2.06 bits per heavy atom. The van der Waals surface area contributed by atoms with Crippen molar-refractivity contribution in [1.82, 2.24) is 10.2 Å². The van der Waals surface area contributed by atoms with Crippen LogP contribution in [0.4, 0.5) is 0 Å². The largest absolute Gasteiger partial charge is 0.354 e. The summed E-state index contributed by atoms with van der Waals surface area (Å²) in [6.45, 7) is 6.63. The Balaban J connectivity index is 1.53. The van der Waals surface area contributed by atoms with Crippen LogP contribution in [-0.4, -0.2) is 42.5 Å². The molecule has 0 radical (unpaired) electrons. The van der Waals surface area contributed by atoms with Gasteiger partial charge < -0.3 is 16.0 Å². The Kier molecular flexibility index (Phi) is 4.05. The SMILES string of the molecule is CC1CCN(CCCNC(=O)C2(N)CC2)CC1. The Morgan fingerprint density at radius 3 is 2.65 bits per heavy atom. The summed E-state index contributed by atoms with van der Waals surface area (Å²) < 4.78 is 0. The molecule has 1 heterocycles. The summed E-state index contributed by atoms with van der Waals surface area (Å²) in [5.74, 6) is 0.933. The number of hydrogen-bond donors (Lipinski definition) is 2. The number of carbonyl (C=O) groups is 1. The van der Waals surface area contributed by atoms with Gasteiger partial charge in [-0.1, -0.05) is 6.92 Å². The van der Waals surface area contributed by atoms with E-state index in [4.69, 9.17) is 5.73 Å². The molecule has 0 spiro atoms. The second-order valence-corrected chi connectivity index (χ2v) is 5.79. The smallest absolute Gasteiger partial charge is 0.240 e. The molecule has 0 aromatic rings. The van der Waals surface area contributed by atoms with E-state index < -0.39 is 5.54 Å². The summed E-state index contributed by atoms with van der Waals surface area (Å²) in [5, 5.41) is 2.94. The van der Waals surface area contributed by atoms with Gasteiger partial charge in [0.25, 0.3) is 0 Å². The minimum Gasteiger partial charge on any atom is -0.354 e. The van der Waals surface area contributed by atoms with Gasteiger partial charge in [-0.2, -0.15) is 0 Å². The van der Waals surface area contributed by atoms with Crippen LogP contribution in [0.5, 0.6) is 0 Å². The Morgan fingerprint density at radius 1 is 1.41 bits per heavy atom. The third kappa shape index (κ3) is 3.68. The number of hydrogen-bond acceptors (Lipinski definition) is 3. The Labute approximate surface area is 104 Å². The average Bonchev–Trinajstić information content (AvgIpc) is 3.06. The molecule has 1 aliphatic heterocycles. The van der Waals surface area contributed by atoms with E-state index >= 15 is 0 Å². The molecule has 0 aromatic carbocycles. The highest BCUT2D eigenvalue weighted by atomic mass is 16.2. The molecule has 2 rings (SSSR count). The van der Waals surface area contributed by atoms with Crippen molar-refractivity contribution in [1.29, 1.82) is 0 Å². The fourth-order valence-electron chi connectivity index (χ4n) is 2.33. The summed E-state index contributed by atoms with van der Waals surface area (Å²) in [6.07, 6.45) is 5.37. The molecule has 17 heavy (non-hydrogen) atoms. The highest BCUT2D eigenvalue weighted by Gasteiger charge is 2.45. The van der Waals surface area contributed by atoms with Crippen LogP contribution in [0.15, 0.2) is 0 Å². The van der Waals surface area contributed by atoms with Gasteiger partial charge in [-0.25, -0.2) is 0 Å². The van der Waals surface area contributed by atoms with Gasteiger partial charge in [-0.3, -0.25) is 4.79 Å². The van der Waals surface area contributed by atoms with Crippen LogP contribution < -0.4 is 11.1 Å². The van der Waals surface area contributed by atoms with Gasteiger partial charge in [0, 0.05) is 6.54 Å². The molecule has 4 nitrogen and oxygen atoms in total. The monoisotopic (exact) mass is 239 g/mol. The number of carbonyl (C=O) groups excluding carboxylic acids is 1. The average molecular weight is 239 g/mol. The van der Waals surface area contributed by atoms with Crippen molar-refractivity contribution in [3.63, 3.8) is 0 Å². The standard InChI is InChI=1S/C13H25N3O/c1-11-3-9-16(10-4-11)8-2-7-15-12(17)13(14)5-6-13/h11H,2-10,14H2,1H3,(H,15,17). The number of nitrogens with zero attached hydrogens (tertiary/aromatic N) is 1. The minimum atomic E-state index is -0.513. The zero-order valence-electron chi connectivity index (χ0n) is 10.9. The van der Waals surface area contributed by atoms with Crippen LogP contribution in [0.1, 0.15) is 39.0 Å². The van der Waals surface area contributed by atoms with Crippen LogP contribution in [0.2, 0.25) is 0 Å². The lowest BCUT2D eigenvalue weighted by atomic mass is 9.99. The topological polar surface area (TPSA) is 58.4 Å². The van der Waals surface area contributed by atoms with Crippen molar-refractivity contribution in [2.45, 2.75) is 44.6 Å². The molecule has 4 heteroatoms. The van der Waals surface area contributed by atoms with Crippen molar-refractivity contribution < 1.29 is 4.79 Å². The third-order valence-corrected chi connectivity index (χ3v) is 4.05. The summed E-state index contributed by atoms with van der Waals surface area (Å²) in [5.41, 5.74) is 5.29. The highest BCUT2D eigenvalue weighted by Crippen LogP contribution is 2.31. The fourth-order valence-corrected chi connectivity index (χ4v) is 2.33. The fraction of sp³-hybridized carbons (Fsp3) is 0.923. The first-order chi connectivity index (χ1) is 8.10. The number of amides is 1. The first-order valence-corrected chi connectivity index (χ1v) is 6.90. The van der Waals surface area contributed by atoms with Crippen molar-refractivity contribution in [2.24, 2.45) is 11.7 Å². The van der Waals surface area contributed by atoms with Crippen LogP contribution in [0.3, 0.4) is 0 Å². The van der Waals surface area contributed by atoms with Crippen molar-refractivity contribution in [2.75, 3.05) is 26.2 Å². The maximum Gasteiger partial charge on any atom is 0.240 e. The lowest BCUT2D eigenvalue weighted by molar-refractivity contribution is -0.123. The molecule has 98 valence electrons. The molecular weight excluding hydrogens is 214 g/mol. The Hall–Kier alpha value is -0.610. The number of likely N-dealkylation sites (tertiary alicyclic amines) is 1. The van der Waals surface area contributed by atoms with Gasteiger partial charge in [0.1, 0.15) is 0 Å². The molecule has 3 N–H and O–H groups in total. The van der Waals surface area contributed by atoms with Gasteiger partial charge in [0.2, 0.25) is 5.91 Å². The quantitative estimate of drug-likeness (QED) is 0.695. The number of rotatable bonds is 5. The molecular formula is C13H25N3O. The van der Waals surface area contributed by atoms with E-state index in [1.165, 1.54) is 25.9 Å². The van der Waals surface area contributed by atoms with Gasteiger partial charge in [-0.15, -0.1) is 0 Å². The number of nitrogens with one attached hydrogen (secondary N) is 1. The maximum atomic E-state index is 11.6. The molecule has 1 aliphatic carbocycles. The van der Waals surface area contributed by atoms with E-state index in [1.807, 2.05) is 0 Å². The van der Waals surface area contributed by atoms with Gasteiger partial charge in [0.15, 0.2) is 0 Å². The number of nitrogens with two attached hydrogens (primary N) is 1. The maximum absolute atomic E-state index is 11.6. The number of piperidine rings is 1. The third-order valence-electron chi connectivity index (χ3n) is 4.05. The zero-order valence-corrected chi connectivity index (χ0v) is 10.9. The van der Waals surface area contributed by atoms with E-state index in [2.05, 4.69) is 17.1 Å². The highest BCUT2D eigenvalue weighted by molar-refractivity contribution is 5.88. The molecule has 0 aromatic heterocycles. The van der Waals surface area contributed by atoms with Crippen LogP contribution in [-0.2, 0) is 4.79 Å². The van der Waals surface area contributed by atoms with E-state index in [0.717, 1.165) is 38.3 Å². The molecule has 0 unspecified atom stereocenters. The predicted octanol–water partition coefficient (Wildman–Crippen LogP) is 0.716. The summed E-state index contributed by atoms with van der Waals surface area (Å²) in [6, 6.07) is 0. The van der Waals surface area contributed by atoms with E-state index in [0.29, 0.717) is 0 Å². The lowest BCUT2D eigenvalue weighted by Crippen LogP contribution is -2.43. The van der Waals surface area contributed by atoms with Crippen molar-refractivity contribution in [3.05, 3.63) is 0 Å². The van der Waals surface area contributed by atoms with Gasteiger partial charge in [0.05, 0.1) is 5.54 Å². The van der Waals surface area contributed by atoms with Gasteiger partial charge in [-0.05, 0) is 57.7 Å². The summed E-state index contributed by atoms with van der Waals surface area (Å²) in [7, 11) is 0. The normalized spacial score (nSPS) is 24.6. The van der Waals surface area contributed by atoms with E-state index in [-0.39, 0.29) is 5.91 Å². The molecule has 1 saturated carbocycles. The summed E-state index contributed by atoms with van der Waals surface area (Å²) in [4.78, 5) is 14.1. The molecule has 2 aliphatic rings. The molecule has 0 atom stereocenters. The van der Waals surface area contributed by atoms with Crippen molar-refractivity contribution >= 4 is 5.91 Å². The lowest BCUT2D eigenvalue weighted by Gasteiger charge is -2.30. The Bertz CT molecular complexity index is 268. The second kappa shape index (κ2) is 5.36. The van der Waals surface area contributed by atoms with Crippen LogP contribution >= 0.6 is 0 Å². The second-order valence-electron chi connectivity index (χ2n) is 5.79. The van der Waals surface area contributed by atoms with E-state index in [9.17, 15) is 4.79 Å². The van der Waals surface area contributed by atoms with Crippen LogP contribution in [0, 0.1) is 5.92 Å². The van der Waals surface area contributed by atoms with Gasteiger partial charge >= 0.3 is 0 Å². The minimum absolute atomic E-state index is 0.0461. The first kappa shape index (κ1) is 12.8. The van der Waals surface area contributed by atoms with Crippen LogP contribution in [0.25, 0.3) is 0 Å². The zero-order chi connectivity index (χ0) is 12.3. The predicted molar refractivity (Wildman–Crippen MR) is 68.6 cm³/mol. The molecule has 1 saturated heterocycles. The van der Waals surface area contributed by atoms with E-state index in [1.54, 1.807) is 0 Å². The molecule has 2 fully saturated rings. The molecule has 1 amide bonds. The summed E-state index contributed by atoms with van der Waals surface area (Å²) >= 11 is 0.